The molecule has 17 heavy (non-hydrogen) atoms. The molecule has 0 bridgehead atoms. The summed E-state index contributed by atoms with van der Waals surface area (Å²) < 4.78 is 23.7. The molecule has 0 aromatic heterocycles. The van der Waals surface area contributed by atoms with E-state index in [0.29, 0.717) is 24.9 Å². The minimum Gasteiger partial charge on any atom is -0.487 e. The fourth-order valence-electron chi connectivity index (χ4n) is 1.42. The smallest absolute Gasteiger partial charge is 0.134 e. The lowest BCUT2D eigenvalue weighted by atomic mass is 10.3. The number of ether oxygens (including phenoxy) is 2. The van der Waals surface area contributed by atoms with Crippen molar-refractivity contribution in [2.75, 3.05) is 20.3 Å². The van der Waals surface area contributed by atoms with Gasteiger partial charge in [-0.05, 0) is 12.1 Å². The van der Waals surface area contributed by atoms with Crippen molar-refractivity contribution in [2.45, 2.75) is 26.0 Å². The van der Waals surface area contributed by atoms with Gasteiger partial charge < -0.3 is 14.8 Å². The minimum atomic E-state index is -0.296. The van der Waals surface area contributed by atoms with Crippen molar-refractivity contribution < 1.29 is 13.9 Å². The number of nitrogens with one attached hydrogen (secondary N) is 1. The molecule has 1 unspecified atom stereocenters. The highest BCUT2D eigenvalue weighted by Crippen LogP contribution is 2.13. The third-order valence-corrected chi connectivity index (χ3v) is 2.21. The maximum absolute atomic E-state index is 13.0. The molecule has 1 N–H and O–H groups in total. The van der Waals surface area contributed by atoms with Crippen LogP contribution in [0.5, 0.6) is 5.75 Å². The predicted molar refractivity (Wildman–Crippen MR) is 65.8 cm³/mol. The van der Waals surface area contributed by atoms with Gasteiger partial charge in [0.2, 0.25) is 0 Å². The highest BCUT2D eigenvalue weighted by atomic mass is 19.1. The predicted octanol–water partition coefficient (Wildman–Crippen LogP) is 2.22. The van der Waals surface area contributed by atoms with Gasteiger partial charge in [0.05, 0.1) is 6.61 Å². The second-order valence-corrected chi connectivity index (χ2v) is 4.22. The SMILES string of the molecule is COCC(CNC(C)C)Oc1cccc(F)c1. The van der Waals surface area contributed by atoms with Crippen LogP contribution in [0.4, 0.5) is 4.39 Å². The van der Waals surface area contributed by atoms with Crippen LogP contribution in [0, 0.1) is 5.82 Å². The van der Waals surface area contributed by atoms with Crippen LogP contribution in [0.15, 0.2) is 24.3 Å². The molecule has 0 saturated carbocycles. The van der Waals surface area contributed by atoms with E-state index in [-0.39, 0.29) is 11.9 Å². The zero-order chi connectivity index (χ0) is 12.7. The molecule has 0 aliphatic rings. The standard InChI is InChI=1S/C13H20FNO2/c1-10(2)15-8-13(9-16-3)17-12-6-4-5-11(14)7-12/h4-7,10,13,15H,8-9H2,1-3H3. The van der Waals surface area contributed by atoms with Crippen LogP contribution in [0.25, 0.3) is 0 Å². The molecule has 1 rings (SSSR count). The number of benzene rings is 1. The monoisotopic (exact) mass is 241 g/mol. The Morgan fingerprint density at radius 3 is 2.71 bits per heavy atom. The summed E-state index contributed by atoms with van der Waals surface area (Å²) in [6, 6.07) is 6.51. The van der Waals surface area contributed by atoms with Crippen LogP contribution < -0.4 is 10.1 Å². The summed E-state index contributed by atoms with van der Waals surface area (Å²) in [6.07, 6.45) is -0.121. The molecule has 1 aromatic rings. The van der Waals surface area contributed by atoms with Crippen LogP contribution in [-0.4, -0.2) is 32.4 Å². The fourth-order valence-corrected chi connectivity index (χ4v) is 1.42. The average Bonchev–Trinajstić information content (AvgIpc) is 2.26. The maximum atomic E-state index is 13.0. The highest BCUT2D eigenvalue weighted by molar-refractivity contribution is 5.22. The zero-order valence-corrected chi connectivity index (χ0v) is 10.6. The van der Waals surface area contributed by atoms with E-state index in [1.807, 2.05) is 0 Å². The first-order chi connectivity index (χ1) is 8.11. The zero-order valence-electron chi connectivity index (χ0n) is 10.6. The molecule has 96 valence electrons. The van der Waals surface area contributed by atoms with Crippen molar-refractivity contribution in [2.24, 2.45) is 0 Å². The summed E-state index contributed by atoms with van der Waals surface area (Å²) in [7, 11) is 1.62. The number of methoxy groups -OCH3 is 1. The molecule has 0 fully saturated rings. The van der Waals surface area contributed by atoms with E-state index >= 15 is 0 Å². The first kappa shape index (κ1) is 13.9. The van der Waals surface area contributed by atoms with Gasteiger partial charge in [0, 0.05) is 25.8 Å². The number of hydrogen-bond donors (Lipinski definition) is 1. The Balaban J connectivity index is 2.53. The Kier molecular flexibility index (Phi) is 5.94. The van der Waals surface area contributed by atoms with Gasteiger partial charge in [-0.15, -0.1) is 0 Å². The van der Waals surface area contributed by atoms with E-state index in [1.54, 1.807) is 19.2 Å². The van der Waals surface area contributed by atoms with Crippen molar-refractivity contribution in [3.63, 3.8) is 0 Å². The van der Waals surface area contributed by atoms with Crippen LogP contribution in [-0.2, 0) is 4.74 Å². The largest absolute Gasteiger partial charge is 0.487 e. The minimum absolute atomic E-state index is 0.121. The van der Waals surface area contributed by atoms with Gasteiger partial charge in [-0.3, -0.25) is 0 Å². The van der Waals surface area contributed by atoms with Crippen LogP contribution >= 0.6 is 0 Å². The highest BCUT2D eigenvalue weighted by Gasteiger charge is 2.11. The van der Waals surface area contributed by atoms with Crippen molar-refractivity contribution in [3.05, 3.63) is 30.1 Å². The molecule has 1 atom stereocenters. The Morgan fingerprint density at radius 2 is 2.12 bits per heavy atom. The topological polar surface area (TPSA) is 30.5 Å². The Labute approximate surface area is 102 Å². The van der Waals surface area contributed by atoms with Gasteiger partial charge in [0.15, 0.2) is 0 Å². The van der Waals surface area contributed by atoms with Crippen LogP contribution in [0.1, 0.15) is 13.8 Å². The third-order valence-electron chi connectivity index (χ3n) is 2.21. The van der Waals surface area contributed by atoms with E-state index in [1.165, 1.54) is 12.1 Å². The summed E-state index contributed by atoms with van der Waals surface area (Å²) >= 11 is 0. The van der Waals surface area contributed by atoms with Crippen molar-refractivity contribution in [1.82, 2.24) is 5.32 Å². The average molecular weight is 241 g/mol. The molecular weight excluding hydrogens is 221 g/mol. The molecule has 1 aromatic carbocycles. The Hall–Kier alpha value is -1.13. The van der Waals surface area contributed by atoms with E-state index < -0.39 is 0 Å². The number of hydrogen-bond acceptors (Lipinski definition) is 3. The van der Waals surface area contributed by atoms with Crippen molar-refractivity contribution >= 4 is 0 Å². The Morgan fingerprint density at radius 1 is 1.35 bits per heavy atom. The summed E-state index contributed by atoms with van der Waals surface area (Å²) in [5.41, 5.74) is 0. The molecule has 0 heterocycles. The van der Waals surface area contributed by atoms with Gasteiger partial charge >= 0.3 is 0 Å². The fraction of sp³-hybridized carbons (Fsp3) is 0.538. The van der Waals surface area contributed by atoms with Gasteiger partial charge in [-0.25, -0.2) is 4.39 Å². The van der Waals surface area contributed by atoms with Gasteiger partial charge in [0.25, 0.3) is 0 Å². The molecule has 0 saturated heterocycles. The van der Waals surface area contributed by atoms with Crippen molar-refractivity contribution in [3.8, 4) is 5.75 Å². The molecule has 4 heteroatoms. The molecule has 0 amide bonds. The number of rotatable bonds is 7. The van der Waals surface area contributed by atoms with E-state index in [2.05, 4.69) is 19.2 Å². The summed E-state index contributed by atoms with van der Waals surface area (Å²) in [4.78, 5) is 0. The molecular formula is C13H20FNO2. The third kappa shape index (κ3) is 5.65. The normalized spacial score (nSPS) is 12.8. The lowest BCUT2D eigenvalue weighted by molar-refractivity contribution is 0.0792. The second-order valence-electron chi connectivity index (χ2n) is 4.22. The molecule has 3 nitrogen and oxygen atoms in total. The number of halogens is 1. The van der Waals surface area contributed by atoms with E-state index in [0.717, 1.165) is 0 Å². The first-order valence-corrected chi connectivity index (χ1v) is 5.76. The molecule has 0 spiro atoms. The summed E-state index contributed by atoms with van der Waals surface area (Å²) in [6.45, 7) is 5.26. The summed E-state index contributed by atoms with van der Waals surface area (Å²) in [5, 5.41) is 3.27. The lowest BCUT2D eigenvalue weighted by Crippen LogP contribution is -2.38. The lowest BCUT2D eigenvalue weighted by Gasteiger charge is -2.20. The molecule has 0 aliphatic carbocycles. The van der Waals surface area contributed by atoms with Crippen LogP contribution in [0.2, 0.25) is 0 Å². The molecule has 0 radical (unpaired) electrons. The second kappa shape index (κ2) is 7.25. The van der Waals surface area contributed by atoms with Crippen molar-refractivity contribution in [1.29, 1.82) is 0 Å². The van der Waals surface area contributed by atoms with Gasteiger partial charge in [0.1, 0.15) is 17.7 Å². The van der Waals surface area contributed by atoms with Gasteiger partial charge in [-0.1, -0.05) is 19.9 Å². The van der Waals surface area contributed by atoms with E-state index in [4.69, 9.17) is 9.47 Å². The van der Waals surface area contributed by atoms with Crippen LogP contribution in [0.3, 0.4) is 0 Å². The van der Waals surface area contributed by atoms with E-state index in [9.17, 15) is 4.39 Å². The maximum Gasteiger partial charge on any atom is 0.134 e. The quantitative estimate of drug-likeness (QED) is 0.794. The Bertz CT molecular complexity index is 331. The molecule has 0 aliphatic heterocycles. The first-order valence-electron chi connectivity index (χ1n) is 5.76. The summed E-state index contributed by atoms with van der Waals surface area (Å²) in [5.74, 6) is 0.230. The van der Waals surface area contributed by atoms with Gasteiger partial charge in [-0.2, -0.15) is 0 Å².